The average Bonchev–Trinajstić information content (AvgIpc) is 3.74. The van der Waals surface area contributed by atoms with Crippen molar-refractivity contribution < 1.29 is 58.7 Å². The van der Waals surface area contributed by atoms with Crippen molar-refractivity contribution in [2.45, 2.75) is 56.8 Å². The minimum atomic E-state index is -1.85. The van der Waals surface area contributed by atoms with Crippen LogP contribution >= 0.6 is 0 Å². The molecule has 4 aromatic carbocycles. The summed E-state index contributed by atoms with van der Waals surface area (Å²) in [6.45, 7) is 4.77. The maximum Gasteiger partial charge on any atom is 0.254 e. The highest BCUT2D eigenvalue weighted by Gasteiger charge is 2.47. The van der Waals surface area contributed by atoms with E-state index in [1.54, 1.807) is 60.7 Å². The summed E-state index contributed by atoms with van der Waals surface area (Å²) in [5.41, 5.74) is 1.34. The summed E-state index contributed by atoms with van der Waals surface area (Å²) in [7, 11) is 5.39. The number of aliphatic hydroxyl groups excluding tert-OH is 4. The minimum absolute atomic E-state index is 0.104. The summed E-state index contributed by atoms with van der Waals surface area (Å²) in [5.74, 6) is 7.45. The number of ether oxygens (including phenoxy) is 2. The zero-order valence-corrected chi connectivity index (χ0v) is 38.7. The van der Waals surface area contributed by atoms with E-state index in [0.717, 1.165) is 20.9 Å². The molecule has 16 heteroatoms. The van der Waals surface area contributed by atoms with Gasteiger partial charge in [0.1, 0.15) is 25.4 Å². The Morgan fingerprint density at radius 2 is 0.985 bits per heavy atom. The average molecular weight is 917 g/mol. The topological polar surface area (TPSA) is 232 Å². The molecule has 4 aromatic rings. The fourth-order valence-electron chi connectivity index (χ4n) is 6.73. The Hall–Kier alpha value is -7.02. The summed E-state index contributed by atoms with van der Waals surface area (Å²) in [6.07, 6.45) is -1.04. The van der Waals surface area contributed by atoms with Crippen LogP contribution in [0.15, 0.2) is 97.1 Å². The molecule has 67 heavy (non-hydrogen) atoms. The summed E-state index contributed by atoms with van der Waals surface area (Å²) in [5, 5.41) is 41.9. The minimum Gasteiger partial charge on any atom is -0.393 e. The van der Waals surface area contributed by atoms with E-state index in [4.69, 9.17) is 14.6 Å². The lowest BCUT2D eigenvalue weighted by molar-refractivity contribution is -0.144. The van der Waals surface area contributed by atoms with E-state index in [2.05, 4.69) is 34.3 Å². The van der Waals surface area contributed by atoms with Gasteiger partial charge in [0.05, 0.1) is 13.2 Å². The van der Waals surface area contributed by atoms with E-state index in [1.165, 1.54) is 54.2 Å². The maximum atomic E-state index is 13.0. The number of amides is 4. The highest BCUT2D eigenvalue weighted by Crippen LogP contribution is 2.32. The number of ketones is 2. The summed E-state index contributed by atoms with van der Waals surface area (Å²) < 4.78 is 11.5. The molecule has 1 aliphatic rings. The van der Waals surface area contributed by atoms with Gasteiger partial charge in [0.15, 0.2) is 28.4 Å². The number of aliphatic hydroxyl groups is 4. The molecule has 1 aliphatic heterocycles. The van der Waals surface area contributed by atoms with E-state index in [0.29, 0.717) is 28.9 Å². The van der Waals surface area contributed by atoms with Crippen molar-refractivity contribution in [2.24, 2.45) is 0 Å². The van der Waals surface area contributed by atoms with Gasteiger partial charge in [-0.25, -0.2) is 0 Å². The van der Waals surface area contributed by atoms with Gasteiger partial charge in [-0.3, -0.25) is 28.8 Å². The standard InChI is InChI=1S/C27H30N2O6.C24H26N2O6/c1-26(2)34-17-22(35-26)20-12-8-18(9-13-20)6-7-19-10-14-21(15-11-19)24(32)29(5)27(3,23(31)16-30)25(33)28-4;1-24(21(30)15-28,23(32)25-2)26(3)22(31)19-12-8-17(9-13-19)5-4-16-6-10-18(11-7-16)20(29)14-27/h8-15,22,30H,16-17H2,1-5H3,(H,28,33);6-13,20,27-29H,14-15H2,1-3H3,(H,25,32)/t22?,27-;20-,24-/m11/s1. The fourth-order valence-corrected chi connectivity index (χ4v) is 6.73. The normalized spacial score (nSPS) is 15.7. The number of nitrogens with one attached hydrogen (secondary N) is 2. The predicted molar refractivity (Wildman–Crippen MR) is 247 cm³/mol. The zero-order chi connectivity index (χ0) is 49.7. The van der Waals surface area contributed by atoms with Gasteiger partial charge in [0.25, 0.3) is 23.6 Å². The van der Waals surface area contributed by atoms with Crippen molar-refractivity contribution >= 4 is 35.2 Å². The first kappa shape index (κ1) is 52.6. The van der Waals surface area contributed by atoms with E-state index in [1.807, 2.05) is 38.1 Å². The molecule has 0 bridgehead atoms. The third kappa shape index (κ3) is 12.5. The highest BCUT2D eigenvalue weighted by molar-refractivity contribution is 6.15. The van der Waals surface area contributed by atoms with Crippen LogP contribution in [0.4, 0.5) is 0 Å². The number of rotatable bonds is 13. The van der Waals surface area contributed by atoms with Crippen LogP contribution in [0.2, 0.25) is 0 Å². The van der Waals surface area contributed by atoms with Gasteiger partial charge in [-0.05, 0) is 112 Å². The van der Waals surface area contributed by atoms with Crippen molar-refractivity contribution in [3.05, 3.63) is 142 Å². The summed E-state index contributed by atoms with van der Waals surface area (Å²) in [4.78, 5) is 77.0. The lowest BCUT2D eigenvalue weighted by atomic mass is 9.92. The molecule has 0 aromatic heterocycles. The number of likely N-dealkylation sites (N-methyl/N-ethyl adjacent to an activating group) is 4. The molecular weight excluding hydrogens is 861 g/mol. The molecule has 0 spiro atoms. The lowest BCUT2D eigenvalue weighted by Gasteiger charge is -2.35. The summed E-state index contributed by atoms with van der Waals surface area (Å²) >= 11 is 0. The first-order valence-corrected chi connectivity index (χ1v) is 21.0. The zero-order valence-electron chi connectivity index (χ0n) is 38.7. The van der Waals surface area contributed by atoms with Gasteiger partial charge in [-0.15, -0.1) is 0 Å². The monoisotopic (exact) mass is 916 g/mol. The number of nitrogens with zero attached hydrogens (tertiary/aromatic N) is 2. The summed E-state index contributed by atoms with van der Waals surface area (Å²) in [6, 6.07) is 27.5. The third-order valence-electron chi connectivity index (χ3n) is 11.4. The van der Waals surface area contributed by atoms with Gasteiger partial charge >= 0.3 is 0 Å². The first-order chi connectivity index (χ1) is 31.7. The Labute approximate surface area is 389 Å². The Morgan fingerprint density at radius 3 is 1.28 bits per heavy atom. The second-order valence-corrected chi connectivity index (χ2v) is 16.1. The molecule has 4 atom stereocenters. The van der Waals surface area contributed by atoms with E-state index >= 15 is 0 Å². The quantitative estimate of drug-likeness (QED) is 0.0839. The molecule has 0 saturated carbocycles. The van der Waals surface area contributed by atoms with Crippen LogP contribution in [-0.2, 0) is 28.7 Å². The van der Waals surface area contributed by atoms with Crippen molar-refractivity contribution in [1.29, 1.82) is 0 Å². The smallest absolute Gasteiger partial charge is 0.254 e. The van der Waals surface area contributed by atoms with Crippen molar-refractivity contribution in [1.82, 2.24) is 20.4 Å². The highest BCUT2D eigenvalue weighted by atomic mass is 16.7. The van der Waals surface area contributed by atoms with Crippen LogP contribution in [0.25, 0.3) is 0 Å². The van der Waals surface area contributed by atoms with Crippen LogP contribution in [0.1, 0.15) is 94.0 Å². The lowest BCUT2D eigenvalue weighted by Crippen LogP contribution is -2.62. The molecule has 1 unspecified atom stereocenters. The van der Waals surface area contributed by atoms with Gasteiger partial charge in [-0.2, -0.15) is 0 Å². The van der Waals surface area contributed by atoms with E-state index in [9.17, 15) is 44.1 Å². The second-order valence-electron chi connectivity index (χ2n) is 16.1. The van der Waals surface area contributed by atoms with Crippen molar-refractivity contribution in [2.75, 3.05) is 54.6 Å². The first-order valence-electron chi connectivity index (χ1n) is 21.0. The largest absolute Gasteiger partial charge is 0.393 e. The Balaban J connectivity index is 0.000000294. The van der Waals surface area contributed by atoms with Crippen LogP contribution in [0, 0.1) is 23.7 Å². The van der Waals surface area contributed by atoms with Crippen LogP contribution < -0.4 is 10.6 Å². The van der Waals surface area contributed by atoms with Gasteiger partial charge in [0.2, 0.25) is 0 Å². The van der Waals surface area contributed by atoms with Gasteiger partial charge in [-0.1, -0.05) is 47.9 Å². The number of benzene rings is 4. The third-order valence-corrected chi connectivity index (χ3v) is 11.4. The SMILES string of the molecule is CNC(=O)[C@@](C)(C(=O)CO)N(C)C(=O)c1ccc(C#Cc2ccc(C3COC(C)(C)O3)cc2)cc1.CNC(=O)[C@@](C)(C(=O)CO)N(C)C(=O)c1ccc(C#Cc2ccc([C@H](O)CO)cc2)cc1. The maximum absolute atomic E-state index is 13.0. The molecule has 0 radical (unpaired) electrons. The van der Waals surface area contributed by atoms with Crippen molar-refractivity contribution in [3.63, 3.8) is 0 Å². The number of Topliss-reactive ketones (excluding diaryl/α,β-unsaturated/α-hetero) is 2. The van der Waals surface area contributed by atoms with Gasteiger partial charge in [0, 0.05) is 61.6 Å². The molecule has 352 valence electrons. The molecule has 1 heterocycles. The fraction of sp³-hybridized carbons (Fsp3) is 0.333. The molecule has 6 N–H and O–H groups in total. The Kier molecular flexibility index (Phi) is 18.0. The van der Waals surface area contributed by atoms with Crippen LogP contribution in [0.3, 0.4) is 0 Å². The van der Waals surface area contributed by atoms with Crippen molar-refractivity contribution in [3.8, 4) is 23.7 Å². The molecule has 0 aliphatic carbocycles. The molecule has 5 rings (SSSR count). The number of carbonyl (C=O) groups is 6. The van der Waals surface area contributed by atoms with E-state index in [-0.39, 0.29) is 23.8 Å². The van der Waals surface area contributed by atoms with E-state index < -0.39 is 71.4 Å². The van der Waals surface area contributed by atoms with Crippen LogP contribution in [0.5, 0.6) is 0 Å². The number of carbonyl (C=O) groups excluding carboxylic acids is 6. The Bertz CT molecular complexity index is 2520. The van der Waals surface area contributed by atoms with Gasteiger partial charge < -0.3 is 50.3 Å². The van der Waals surface area contributed by atoms with Crippen LogP contribution in [-0.4, -0.2) is 137 Å². The molecule has 1 fully saturated rings. The number of hydrogen-bond acceptors (Lipinski definition) is 12. The molecular formula is C51H56N4O12. The molecule has 1 saturated heterocycles. The second kappa shape index (κ2) is 22.9. The predicted octanol–water partition coefficient (Wildman–Crippen LogP) is 2.30. The molecule has 4 amide bonds. The molecule has 16 nitrogen and oxygen atoms in total. The number of hydrogen-bond donors (Lipinski definition) is 6. The Morgan fingerprint density at radius 1 is 0.642 bits per heavy atom.